The molecule has 0 unspecified atom stereocenters. The summed E-state index contributed by atoms with van der Waals surface area (Å²) in [7, 11) is 0. The maximum atomic E-state index is 3.53. The van der Waals surface area contributed by atoms with Crippen molar-refractivity contribution in [1.29, 1.82) is 0 Å². The van der Waals surface area contributed by atoms with Crippen molar-refractivity contribution >= 4 is 38.6 Å². The van der Waals surface area contributed by atoms with Crippen LogP contribution in [0.5, 0.6) is 0 Å². The molecule has 1 aromatic heterocycles. The highest BCUT2D eigenvalue weighted by molar-refractivity contribution is 9.10. The van der Waals surface area contributed by atoms with Crippen LogP contribution in [0.4, 0.5) is 0 Å². The van der Waals surface area contributed by atoms with Crippen LogP contribution in [0.1, 0.15) is 22.7 Å². The Hall–Kier alpha value is -2.75. The van der Waals surface area contributed by atoms with Crippen molar-refractivity contribution in [2.75, 3.05) is 0 Å². The van der Waals surface area contributed by atoms with Crippen molar-refractivity contribution in [2.24, 2.45) is 0 Å². The topological polar surface area (TPSA) is 4.93 Å². The molecule has 0 aliphatic heterocycles. The average molecular weight is 484 g/mol. The molecule has 0 saturated carbocycles. The molecule has 4 aromatic carbocycles. The van der Waals surface area contributed by atoms with Gasteiger partial charge >= 0.3 is 0 Å². The summed E-state index contributed by atoms with van der Waals surface area (Å²) in [5.74, 6) is 0.947. The van der Waals surface area contributed by atoms with Crippen molar-refractivity contribution in [2.45, 2.75) is 16.7 Å². The van der Waals surface area contributed by atoms with Gasteiger partial charge in [0.05, 0.1) is 11.6 Å². The van der Waals surface area contributed by atoms with Gasteiger partial charge in [-0.3, -0.25) is 0 Å². The standard InChI is InChI=1S/C28H22BrNS/c29-24-17-15-21(16-18-24)20-31-27-19-30(26-14-8-7-13-25(26)27)28(22-9-3-1-4-10-22)23-11-5-2-6-12-23/h1-19,28H,20H2. The number of aromatic nitrogens is 1. The number of nitrogens with zero attached hydrogens (tertiary/aromatic N) is 1. The Balaban J connectivity index is 1.59. The summed E-state index contributed by atoms with van der Waals surface area (Å²) >= 11 is 5.43. The van der Waals surface area contributed by atoms with Crippen LogP contribution in [0.3, 0.4) is 0 Å². The van der Waals surface area contributed by atoms with Crippen LogP contribution in [0.2, 0.25) is 0 Å². The lowest BCUT2D eigenvalue weighted by Crippen LogP contribution is -2.11. The zero-order chi connectivity index (χ0) is 21.0. The summed E-state index contributed by atoms with van der Waals surface area (Å²) in [6.45, 7) is 0. The molecule has 1 nitrogen and oxygen atoms in total. The number of para-hydroxylation sites is 1. The molecule has 152 valence electrons. The van der Waals surface area contributed by atoms with Gasteiger partial charge in [-0.2, -0.15) is 0 Å². The Morgan fingerprint density at radius 1 is 0.677 bits per heavy atom. The van der Waals surface area contributed by atoms with E-state index in [0.717, 1.165) is 10.2 Å². The quantitative estimate of drug-likeness (QED) is 0.219. The smallest absolute Gasteiger partial charge is 0.0839 e. The first-order chi connectivity index (χ1) is 15.3. The summed E-state index contributed by atoms with van der Waals surface area (Å²) in [5.41, 5.74) is 5.17. The number of benzene rings is 4. The molecule has 0 bridgehead atoms. The van der Waals surface area contributed by atoms with Gasteiger partial charge in [0.1, 0.15) is 0 Å². The largest absolute Gasteiger partial charge is 0.335 e. The summed E-state index contributed by atoms with van der Waals surface area (Å²) in [6, 6.07) is 39.0. The summed E-state index contributed by atoms with van der Waals surface area (Å²) in [4.78, 5) is 1.32. The first-order valence-electron chi connectivity index (χ1n) is 10.4. The molecule has 0 radical (unpaired) electrons. The lowest BCUT2D eigenvalue weighted by molar-refractivity contribution is 0.701. The van der Waals surface area contributed by atoms with Crippen molar-refractivity contribution in [3.8, 4) is 0 Å². The van der Waals surface area contributed by atoms with Crippen LogP contribution in [0.25, 0.3) is 10.9 Å². The molecule has 5 rings (SSSR count). The van der Waals surface area contributed by atoms with Crippen molar-refractivity contribution < 1.29 is 0 Å². The minimum Gasteiger partial charge on any atom is -0.335 e. The van der Waals surface area contributed by atoms with Gasteiger partial charge < -0.3 is 4.57 Å². The van der Waals surface area contributed by atoms with E-state index in [4.69, 9.17) is 0 Å². The van der Waals surface area contributed by atoms with Crippen molar-refractivity contribution in [1.82, 2.24) is 4.57 Å². The van der Waals surface area contributed by atoms with E-state index in [1.54, 1.807) is 0 Å². The molecule has 0 saturated heterocycles. The van der Waals surface area contributed by atoms with Gasteiger partial charge in [-0.05, 0) is 34.9 Å². The molecule has 1 heterocycles. The first-order valence-corrected chi connectivity index (χ1v) is 12.1. The van der Waals surface area contributed by atoms with Gasteiger partial charge in [-0.1, -0.05) is 107 Å². The molecular weight excluding hydrogens is 462 g/mol. The summed E-state index contributed by atoms with van der Waals surface area (Å²) in [6.07, 6.45) is 2.33. The lowest BCUT2D eigenvalue weighted by atomic mass is 9.98. The van der Waals surface area contributed by atoms with Crippen LogP contribution in [0, 0.1) is 0 Å². The van der Waals surface area contributed by atoms with Crippen LogP contribution in [0.15, 0.2) is 125 Å². The predicted octanol–water partition coefficient (Wildman–Crippen LogP) is 8.33. The van der Waals surface area contributed by atoms with E-state index in [9.17, 15) is 0 Å². The zero-order valence-electron chi connectivity index (χ0n) is 17.0. The SMILES string of the molecule is Brc1ccc(CSc2cn(C(c3ccccc3)c3ccccc3)c3ccccc23)cc1. The first kappa shape index (κ1) is 20.2. The fourth-order valence-corrected chi connectivity index (χ4v) is 5.32. The van der Waals surface area contributed by atoms with Crippen molar-refractivity contribution in [3.05, 3.63) is 137 Å². The van der Waals surface area contributed by atoms with Crippen molar-refractivity contribution in [3.63, 3.8) is 0 Å². The van der Waals surface area contributed by atoms with E-state index >= 15 is 0 Å². The molecule has 0 spiro atoms. The number of halogens is 1. The number of fused-ring (bicyclic) bond motifs is 1. The zero-order valence-corrected chi connectivity index (χ0v) is 19.4. The number of thioether (sulfide) groups is 1. The third-order valence-electron chi connectivity index (χ3n) is 5.52. The molecule has 0 aliphatic carbocycles. The van der Waals surface area contributed by atoms with Gasteiger partial charge in [-0.15, -0.1) is 11.8 Å². The molecular formula is C28H22BrNS. The highest BCUT2D eigenvalue weighted by atomic mass is 79.9. The Bertz CT molecular complexity index is 1240. The van der Waals surface area contributed by atoms with E-state index in [0.29, 0.717) is 0 Å². The van der Waals surface area contributed by atoms with Crippen LogP contribution >= 0.6 is 27.7 Å². The molecule has 31 heavy (non-hydrogen) atoms. The average Bonchev–Trinajstić information content (AvgIpc) is 3.19. The van der Waals surface area contributed by atoms with Gasteiger partial charge in [0.2, 0.25) is 0 Å². The number of hydrogen-bond acceptors (Lipinski definition) is 1. The summed E-state index contributed by atoms with van der Waals surface area (Å²) < 4.78 is 3.55. The van der Waals surface area contributed by atoms with E-state index in [1.807, 2.05) is 11.8 Å². The third-order valence-corrected chi connectivity index (χ3v) is 7.16. The molecule has 0 aliphatic rings. The minimum absolute atomic E-state index is 0.134. The lowest BCUT2D eigenvalue weighted by Gasteiger charge is -2.21. The maximum Gasteiger partial charge on any atom is 0.0839 e. The fraction of sp³-hybridized carbons (Fsp3) is 0.0714. The second-order valence-corrected chi connectivity index (χ2v) is 9.49. The van der Waals surface area contributed by atoms with Crippen LogP contribution < -0.4 is 0 Å². The van der Waals surface area contributed by atoms with Crippen LogP contribution in [-0.4, -0.2) is 4.57 Å². The maximum absolute atomic E-state index is 3.53. The Labute approximate surface area is 195 Å². The van der Waals surface area contributed by atoms with E-state index in [2.05, 4.69) is 136 Å². The second kappa shape index (κ2) is 9.17. The van der Waals surface area contributed by atoms with E-state index in [1.165, 1.54) is 32.5 Å². The highest BCUT2D eigenvalue weighted by Crippen LogP contribution is 2.37. The molecule has 0 fully saturated rings. The van der Waals surface area contributed by atoms with Crippen LogP contribution in [-0.2, 0) is 5.75 Å². The highest BCUT2D eigenvalue weighted by Gasteiger charge is 2.20. The Kier molecular flexibility index (Phi) is 5.97. The summed E-state index contributed by atoms with van der Waals surface area (Å²) in [5, 5.41) is 1.31. The monoisotopic (exact) mass is 483 g/mol. The minimum atomic E-state index is 0.134. The molecule has 0 atom stereocenters. The Morgan fingerprint density at radius 2 is 1.26 bits per heavy atom. The normalized spacial score (nSPS) is 11.3. The second-order valence-electron chi connectivity index (χ2n) is 7.56. The molecule has 0 amide bonds. The van der Waals surface area contributed by atoms with Gasteiger partial charge in [-0.25, -0.2) is 0 Å². The van der Waals surface area contributed by atoms with Gasteiger partial charge in [0.15, 0.2) is 0 Å². The number of rotatable bonds is 6. The van der Waals surface area contributed by atoms with Gasteiger partial charge in [0, 0.05) is 26.7 Å². The third kappa shape index (κ3) is 4.34. The number of hydrogen-bond donors (Lipinski definition) is 0. The fourth-order valence-electron chi connectivity index (χ4n) is 4.03. The molecule has 0 N–H and O–H groups in total. The van der Waals surface area contributed by atoms with E-state index in [-0.39, 0.29) is 6.04 Å². The predicted molar refractivity (Wildman–Crippen MR) is 136 cm³/mol. The molecule has 5 aromatic rings. The Morgan fingerprint density at radius 3 is 1.90 bits per heavy atom. The van der Waals surface area contributed by atoms with E-state index < -0.39 is 0 Å². The van der Waals surface area contributed by atoms with Gasteiger partial charge in [0.25, 0.3) is 0 Å². The molecule has 3 heteroatoms.